The second-order valence-corrected chi connectivity index (χ2v) is 6.95. The molecule has 3 heterocycles. The van der Waals surface area contributed by atoms with Crippen molar-refractivity contribution >= 4 is 23.3 Å². The van der Waals surface area contributed by atoms with E-state index in [0.717, 1.165) is 23.6 Å². The average molecular weight is 392 g/mol. The quantitative estimate of drug-likeness (QED) is 0.647. The van der Waals surface area contributed by atoms with Gasteiger partial charge in [0.25, 0.3) is 0 Å². The Hall–Kier alpha value is -3.19. The smallest absolute Gasteiger partial charge is 0.335 e. The van der Waals surface area contributed by atoms with Crippen molar-refractivity contribution < 1.29 is 9.90 Å². The molecule has 2 unspecified atom stereocenters. The van der Waals surface area contributed by atoms with E-state index in [9.17, 15) is 4.79 Å². The number of aromatic nitrogens is 2. The number of nitrogens with zero attached hydrogens (tertiary/aromatic N) is 3. The molecular formula is C21H20N4O2S. The molecule has 1 aliphatic heterocycles. The average Bonchev–Trinajstić information content (AvgIpc) is 3.32. The van der Waals surface area contributed by atoms with Crippen LogP contribution in [0.1, 0.15) is 40.8 Å². The van der Waals surface area contributed by atoms with Crippen LogP contribution in [-0.4, -0.2) is 37.2 Å². The molecule has 0 amide bonds. The Balaban J connectivity index is 1.77. The number of benzene rings is 1. The van der Waals surface area contributed by atoms with E-state index in [-0.39, 0.29) is 17.6 Å². The van der Waals surface area contributed by atoms with Crippen molar-refractivity contribution in [2.75, 3.05) is 6.54 Å². The molecule has 6 nitrogen and oxygen atoms in total. The third-order valence-corrected chi connectivity index (χ3v) is 5.37. The number of thiocarbonyl (C=S) groups is 1. The summed E-state index contributed by atoms with van der Waals surface area (Å²) in [5, 5.41) is 13.3. The van der Waals surface area contributed by atoms with Crippen LogP contribution in [0.4, 0.5) is 0 Å². The first-order chi connectivity index (χ1) is 13.6. The zero-order valence-corrected chi connectivity index (χ0v) is 16.1. The molecule has 0 radical (unpaired) electrons. The van der Waals surface area contributed by atoms with Crippen LogP contribution in [0.15, 0.2) is 67.0 Å². The van der Waals surface area contributed by atoms with Crippen LogP contribution in [0.25, 0.3) is 5.69 Å². The molecule has 0 aliphatic carbocycles. The maximum absolute atomic E-state index is 11.1. The second-order valence-electron chi connectivity index (χ2n) is 6.57. The third kappa shape index (κ3) is 3.14. The number of aromatic carboxylic acids is 1. The summed E-state index contributed by atoms with van der Waals surface area (Å²) >= 11 is 5.59. The second kappa shape index (κ2) is 7.44. The van der Waals surface area contributed by atoms with Gasteiger partial charge in [-0.15, -0.1) is 0 Å². The van der Waals surface area contributed by atoms with Gasteiger partial charge in [-0.1, -0.05) is 6.07 Å². The van der Waals surface area contributed by atoms with E-state index in [2.05, 4.69) is 32.8 Å². The standard InChI is InChI=1S/C21H20N4O2S/c1-2-24-19(18(23-21(24)28)16-6-3-4-12-22-16)17-7-5-13-25(17)15-10-8-14(9-11-15)20(26)27/h3-13,18-19H,2H2,1H3,(H,23,28)(H,26,27). The fraction of sp³-hybridized carbons (Fsp3) is 0.190. The number of hydrogen-bond acceptors (Lipinski definition) is 3. The Morgan fingerprint density at radius 2 is 1.96 bits per heavy atom. The molecule has 0 bridgehead atoms. The fourth-order valence-electron chi connectivity index (χ4n) is 3.70. The van der Waals surface area contributed by atoms with E-state index in [0.29, 0.717) is 5.11 Å². The van der Waals surface area contributed by atoms with Gasteiger partial charge < -0.3 is 19.9 Å². The summed E-state index contributed by atoms with van der Waals surface area (Å²) in [5.74, 6) is -0.933. The molecule has 7 heteroatoms. The molecule has 2 atom stereocenters. The van der Waals surface area contributed by atoms with Gasteiger partial charge in [0.15, 0.2) is 5.11 Å². The Morgan fingerprint density at radius 1 is 1.18 bits per heavy atom. The van der Waals surface area contributed by atoms with Gasteiger partial charge in [-0.25, -0.2) is 4.79 Å². The van der Waals surface area contributed by atoms with Crippen LogP contribution in [0.5, 0.6) is 0 Å². The summed E-state index contributed by atoms with van der Waals surface area (Å²) in [6.45, 7) is 2.85. The molecular weight excluding hydrogens is 372 g/mol. The number of carboxylic acids is 1. The van der Waals surface area contributed by atoms with Crippen LogP contribution < -0.4 is 5.32 Å². The zero-order valence-electron chi connectivity index (χ0n) is 15.3. The molecule has 0 spiro atoms. The topological polar surface area (TPSA) is 70.4 Å². The molecule has 2 aromatic heterocycles. The molecule has 1 saturated heterocycles. The predicted octanol–water partition coefficient (Wildman–Crippen LogP) is 3.56. The van der Waals surface area contributed by atoms with Gasteiger partial charge in [-0.05, 0) is 67.7 Å². The van der Waals surface area contributed by atoms with Gasteiger partial charge in [-0.3, -0.25) is 4.98 Å². The highest BCUT2D eigenvalue weighted by atomic mass is 32.1. The summed E-state index contributed by atoms with van der Waals surface area (Å²) < 4.78 is 2.07. The number of pyridine rings is 1. The van der Waals surface area contributed by atoms with Crippen LogP contribution in [0.3, 0.4) is 0 Å². The van der Waals surface area contributed by atoms with Crippen molar-refractivity contribution in [2.24, 2.45) is 0 Å². The Morgan fingerprint density at radius 3 is 2.61 bits per heavy atom. The van der Waals surface area contributed by atoms with E-state index in [1.54, 1.807) is 18.3 Å². The molecule has 1 aliphatic rings. The van der Waals surface area contributed by atoms with Gasteiger partial charge in [0.2, 0.25) is 0 Å². The summed E-state index contributed by atoms with van der Waals surface area (Å²) in [7, 11) is 0. The van der Waals surface area contributed by atoms with Gasteiger partial charge in [0.1, 0.15) is 0 Å². The lowest BCUT2D eigenvalue weighted by atomic mass is 10.0. The number of carbonyl (C=O) groups is 1. The summed E-state index contributed by atoms with van der Waals surface area (Å²) in [4.78, 5) is 17.8. The number of rotatable bonds is 5. The van der Waals surface area contributed by atoms with Crippen molar-refractivity contribution in [1.29, 1.82) is 0 Å². The van der Waals surface area contributed by atoms with Crippen molar-refractivity contribution in [2.45, 2.75) is 19.0 Å². The summed E-state index contributed by atoms with van der Waals surface area (Å²) in [6.07, 6.45) is 3.77. The normalized spacial score (nSPS) is 18.9. The lowest BCUT2D eigenvalue weighted by Crippen LogP contribution is -2.30. The van der Waals surface area contributed by atoms with Crippen molar-refractivity contribution in [3.63, 3.8) is 0 Å². The number of hydrogen-bond donors (Lipinski definition) is 2. The maximum Gasteiger partial charge on any atom is 0.335 e. The van der Waals surface area contributed by atoms with E-state index in [1.807, 2.05) is 42.6 Å². The lowest BCUT2D eigenvalue weighted by Gasteiger charge is -2.28. The minimum absolute atomic E-state index is 0.0263. The van der Waals surface area contributed by atoms with Crippen molar-refractivity contribution in [3.05, 3.63) is 83.9 Å². The highest BCUT2D eigenvalue weighted by Crippen LogP contribution is 2.39. The first-order valence-electron chi connectivity index (χ1n) is 9.09. The molecule has 142 valence electrons. The van der Waals surface area contributed by atoms with Gasteiger partial charge in [-0.2, -0.15) is 0 Å². The molecule has 1 fully saturated rings. The fourth-order valence-corrected chi connectivity index (χ4v) is 4.07. The summed E-state index contributed by atoms with van der Waals surface area (Å²) in [6, 6.07) is 16.7. The van der Waals surface area contributed by atoms with E-state index in [4.69, 9.17) is 17.3 Å². The highest BCUT2D eigenvalue weighted by Gasteiger charge is 2.40. The summed E-state index contributed by atoms with van der Waals surface area (Å²) in [5.41, 5.74) is 3.16. The number of nitrogens with one attached hydrogen (secondary N) is 1. The van der Waals surface area contributed by atoms with Crippen LogP contribution in [0, 0.1) is 0 Å². The lowest BCUT2D eigenvalue weighted by molar-refractivity contribution is 0.0697. The first-order valence-corrected chi connectivity index (χ1v) is 9.50. The number of carboxylic acid groups (broad SMARTS) is 1. The Kier molecular flexibility index (Phi) is 4.83. The molecule has 0 saturated carbocycles. The Labute approximate surface area is 168 Å². The third-order valence-electron chi connectivity index (χ3n) is 5.01. The molecule has 3 aromatic rings. The minimum Gasteiger partial charge on any atom is -0.478 e. The maximum atomic E-state index is 11.1. The molecule has 2 N–H and O–H groups in total. The van der Waals surface area contributed by atoms with E-state index >= 15 is 0 Å². The monoisotopic (exact) mass is 392 g/mol. The SMILES string of the molecule is CCN1C(=S)NC(c2ccccn2)C1c1cccn1-c1ccc(C(=O)O)cc1. The molecule has 1 aromatic carbocycles. The molecule has 4 rings (SSSR count). The van der Waals surface area contributed by atoms with E-state index in [1.165, 1.54) is 0 Å². The van der Waals surface area contributed by atoms with Crippen molar-refractivity contribution in [1.82, 2.24) is 19.8 Å². The Bertz CT molecular complexity index is 1000. The number of likely N-dealkylation sites (N-methyl/N-ethyl adjacent to an activating group) is 1. The van der Waals surface area contributed by atoms with Crippen molar-refractivity contribution in [3.8, 4) is 5.69 Å². The zero-order chi connectivity index (χ0) is 19.7. The minimum atomic E-state index is -0.933. The van der Waals surface area contributed by atoms with Crippen LogP contribution >= 0.6 is 12.2 Å². The first kappa shape index (κ1) is 18.2. The predicted molar refractivity (Wildman–Crippen MR) is 111 cm³/mol. The van der Waals surface area contributed by atoms with Gasteiger partial charge in [0.05, 0.1) is 23.3 Å². The highest BCUT2D eigenvalue weighted by molar-refractivity contribution is 7.80. The van der Waals surface area contributed by atoms with Crippen LogP contribution in [0.2, 0.25) is 0 Å². The largest absolute Gasteiger partial charge is 0.478 e. The van der Waals surface area contributed by atoms with Gasteiger partial charge >= 0.3 is 5.97 Å². The van der Waals surface area contributed by atoms with Crippen LogP contribution in [-0.2, 0) is 0 Å². The van der Waals surface area contributed by atoms with Gasteiger partial charge in [0, 0.05) is 30.3 Å². The van der Waals surface area contributed by atoms with E-state index < -0.39 is 5.97 Å². The molecule has 28 heavy (non-hydrogen) atoms.